The van der Waals surface area contributed by atoms with E-state index in [4.69, 9.17) is 5.84 Å². The summed E-state index contributed by atoms with van der Waals surface area (Å²) in [6.07, 6.45) is 3.28. The van der Waals surface area contributed by atoms with Gasteiger partial charge in [0.2, 0.25) is 0 Å². The molecule has 0 aliphatic rings. The van der Waals surface area contributed by atoms with E-state index in [1.165, 1.54) is 9.19 Å². The second kappa shape index (κ2) is 4.14. The molecule has 3 heterocycles. The normalized spacial score (nSPS) is 11.2. The topological polar surface area (TPSA) is 91.1 Å². The Morgan fingerprint density at radius 3 is 2.62 bits per heavy atom. The molecule has 0 fully saturated rings. The van der Waals surface area contributed by atoms with Crippen LogP contribution in [0.3, 0.4) is 0 Å². The highest BCUT2D eigenvalue weighted by molar-refractivity contribution is 5.79. The lowest BCUT2D eigenvalue weighted by Crippen LogP contribution is -2.18. The van der Waals surface area contributed by atoms with Crippen molar-refractivity contribution in [3.8, 4) is 11.4 Å². The van der Waals surface area contributed by atoms with Crippen LogP contribution < -0.4 is 11.4 Å². The molecule has 0 spiro atoms. The third kappa shape index (κ3) is 1.61. The summed E-state index contributed by atoms with van der Waals surface area (Å²) in [4.78, 5) is 20.8. The number of hydrogen-bond donors (Lipinski definition) is 1. The number of aromatic nitrogens is 5. The van der Waals surface area contributed by atoms with Gasteiger partial charge in [-0.1, -0.05) is 12.1 Å². The minimum Gasteiger partial charge on any atom is -0.334 e. The highest BCUT2D eigenvalue weighted by Gasteiger charge is 2.15. The van der Waals surface area contributed by atoms with E-state index in [1.807, 2.05) is 6.07 Å². The van der Waals surface area contributed by atoms with E-state index in [9.17, 15) is 4.79 Å². The summed E-state index contributed by atoms with van der Waals surface area (Å²) in [6.45, 7) is 0. The molecule has 0 saturated heterocycles. The fourth-order valence-electron chi connectivity index (χ4n) is 2.29. The lowest BCUT2D eigenvalue weighted by Gasteiger charge is -2.00. The molecule has 0 amide bonds. The highest BCUT2D eigenvalue weighted by Crippen LogP contribution is 2.16. The third-order valence-corrected chi connectivity index (χ3v) is 3.31. The van der Waals surface area contributed by atoms with Gasteiger partial charge in [-0.05, 0) is 24.3 Å². The minimum atomic E-state index is -0.241. The van der Waals surface area contributed by atoms with E-state index in [2.05, 4.69) is 15.1 Å². The molecule has 102 valence electrons. The third-order valence-electron chi connectivity index (χ3n) is 3.31. The van der Waals surface area contributed by atoms with Crippen LogP contribution in [-0.2, 0) is 0 Å². The number of rotatable bonds is 1. The fraction of sp³-hybridized carbons (Fsp3) is 0. The van der Waals surface area contributed by atoms with E-state index in [0.29, 0.717) is 22.5 Å². The van der Waals surface area contributed by atoms with Crippen LogP contribution >= 0.6 is 0 Å². The van der Waals surface area contributed by atoms with Gasteiger partial charge >= 0.3 is 0 Å². The van der Waals surface area contributed by atoms with Crippen LogP contribution in [0.4, 0.5) is 0 Å². The van der Waals surface area contributed by atoms with Crippen molar-refractivity contribution < 1.29 is 0 Å². The Hall–Kier alpha value is -3.22. The fourth-order valence-corrected chi connectivity index (χ4v) is 2.29. The molecule has 0 aliphatic heterocycles. The average Bonchev–Trinajstić information content (AvgIpc) is 2.86. The quantitative estimate of drug-likeness (QED) is 0.520. The number of pyridine rings is 1. The summed E-state index contributed by atoms with van der Waals surface area (Å²) in [5, 5.41) is 4.79. The van der Waals surface area contributed by atoms with Crippen molar-refractivity contribution in [1.82, 2.24) is 24.3 Å². The van der Waals surface area contributed by atoms with Crippen LogP contribution in [0.2, 0.25) is 0 Å². The predicted octanol–water partition coefficient (Wildman–Crippen LogP) is 0.820. The molecule has 21 heavy (non-hydrogen) atoms. The van der Waals surface area contributed by atoms with Gasteiger partial charge in [0.15, 0.2) is 5.82 Å². The molecule has 0 bridgehead atoms. The lowest BCUT2D eigenvalue weighted by atomic mass is 10.2. The van der Waals surface area contributed by atoms with E-state index in [0.717, 1.165) is 5.56 Å². The number of nitrogens with zero attached hydrogens (tertiary/aromatic N) is 5. The van der Waals surface area contributed by atoms with Crippen LogP contribution in [0.25, 0.3) is 28.1 Å². The number of benzene rings is 1. The van der Waals surface area contributed by atoms with Crippen molar-refractivity contribution >= 4 is 16.7 Å². The zero-order valence-corrected chi connectivity index (χ0v) is 10.8. The Balaban J connectivity index is 2.14. The molecule has 4 rings (SSSR count). The molecule has 7 nitrogen and oxygen atoms in total. The van der Waals surface area contributed by atoms with Gasteiger partial charge in [-0.3, -0.25) is 9.78 Å². The number of hydrogen-bond acceptors (Lipinski definition) is 5. The van der Waals surface area contributed by atoms with Gasteiger partial charge in [0.1, 0.15) is 0 Å². The summed E-state index contributed by atoms with van der Waals surface area (Å²) >= 11 is 0. The second-order valence-corrected chi connectivity index (χ2v) is 4.58. The summed E-state index contributed by atoms with van der Waals surface area (Å²) < 4.78 is 2.53. The van der Waals surface area contributed by atoms with E-state index < -0.39 is 0 Å². The molecule has 0 radical (unpaired) electrons. The highest BCUT2D eigenvalue weighted by atomic mass is 16.1. The van der Waals surface area contributed by atoms with Gasteiger partial charge in [0.25, 0.3) is 11.3 Å². The molecule has 0 aliphatic carbocycles. The first-order chi connectivity index (χ1) is 10.3. The maximum atomic E-state index is 12.5. The molecule has 7 heteroatoms. The van der Waals surface area contributed by atoms with E-state index in [1.54, 1.807) is 42.7 Å². The first-order valence-corrected chi connectivity index (χ1v) is 6.32. The smallest absolute Gasteiger partial charge is 0.283 e. The van der Waals surface area contributed by atoms with E-state index >= 15 is 0 Å². The largest absolute Gasteiger partial charge is 0.334 e. The number of nitrogen functional groups attached to an aromatic ring is 1. The maximum absolute atomic E-state index is 12.5. The molecular weight excluding hydrogens is 268 g/mol. The number of fused-ring (bicyclic) bond motifs is 2. The first-order valence-electron chi connectivity index (χ1n) is 6.32. The Bertz CT molecular complexity index is 1020. The Morgan fingerprint density at radius 1 is 1.05 bits per heavy atom. The molecule has 3 aromatic heterocycles. The lowest BCUT2D eigenvalue weighted by molar-refractivity contribution is 0.916. The van der Waals surface area contributed by atoms with Crippen molar-refractivity contribution in [3.63, 3.8) is 0 Å². The van der Waals surface area contributed by atoms with Crippen molar-refractivity contribution in [3.05, 3.63) is 59.1 Å². The van der Waals surface area contributed by atoms with Crippen molar-refractivity contribution in [2.24, 2.45) is 0 Å². The second-order valence-electron chi connectivity index (χ2n) is 4.58. The number of nitrogens with two attached hydrogens (primary N) is 1. The molecular formula is C14H10N6O. The van der Waals surface area contributed by atoms with Crippen molar-refractivity contribution in [1.29, 1.82) is 0 Å². The van der Waals surface area contributed by atoms with Gasteiger partial charge in [-0.25, -0.2) is 9.66 Å². The monoisotopic (exact) mass is 278 g/mol. The first kappa shape index (κ1) is 11.6. The molecule has 1 aromatic carbocycles. The molecule has 0 unspecified atom stereocenters. The molecule has 2 N–H and O–H groups in total. The van der Waals surface area contributed by atoms with Crippen LogP contribution in [0.15, 0.2) is 53.6 Å². The molecule has 4 aromatic rings. The molecule has 0 saturated carbocycles. The Kier molecular flexibility index (Phi) is 2.28. The summed E-state index contributed by atoms with van der Waals surface area (Å²) in [5.41, 5.74) is 1.12. The van der Waals surface area contributed by atoms with Crippen molar-refractivity contribution in [2.45, 2.75) is 0 Å². The van der Waals surface area contributed by atoms with Gasteiger partial charge in [-0.2, -0.15) is 4.52 Å². The van der Waals surface area contributed by atoms with Crippen LogP contribution in [-0.4, -0.2) is 24.3 Å². The Morgan fingerprint density at radius 2 is 1.81 bits per heavy atom. The standard InChI is InChI=1S/C14H10N6O/c15-19-12(9-5-7-16-8-6-9)18-20-13(21)10-3-1-2-4-11(10)17-14(19)20/h1-8H,15H2. The average molecular weight is 278 g/mol. The molecule has 0 atom stereocenters. The summed E-state index contributed by atoms with van der Waals surface area (Å²) in [5.74, 6) is 6.80. The maximum Gasteiger partial charge on any atom is 0.283 e. The summed E-state index contributed by atoms with van der Waals surface area (Å²) in [7, 11) is 0. The number of para-hydroxylation sites is 1. The van der Waals surface area contributed by atoms with E-state index in [-0.39, 0.29) is 5.56 Å². The van der Waals surface area contributed by atoms with Gasteiger partial charge in [0, 0.05) is 18.0 Å². The minimum absolute atomic E-state index is 0.241. The zero-order chi connectivity index (χ0) is 14.4. The van der Waals surface area contributed by atoms with Crippen molar-refractivity contribution in [2.75, 3.05) is 5.84 Å². The van der Waals surface area contributed by atoms with Gasteiger partial charge < -0.3 is 5.84 Å². The Labute approximate surface area is 118 Å². The summed E-state index contributed by atoms with van der Waals surface area (Å²) in [6, 6.07) is 10.7. The SMILES string of the molecule is Nn1c(-c2ccncc2)nn2c(=O)c3ccccc3nc12. The van der Waals surface area contributed by atoms with Crippen LogP contribution in [0, 0.1) is 0 Å². The zero-order valence-electron chi connectivity index (χ0n) is 10.8. The van der Waals surface area contributed by atoms with Gasteiger partial charge in [0.05, 0.1) is 10.9 Å². The predicted molar refractivity (Wildman–Crippen MR) is 78.1 cm³/mol. The van der Waals surface area contributed by atoms with Crippen LogP contribution in [0.1, 0.15) is 0 Å². The van der Waals surface area contributed by atoms with Gasteiger partial charge in [-0.15, -0.1) is 5.10 Å². The van der Waals surface area contributed by atoms with Crippen LogP contribution in [0.5, 0.6) is 0 Å².